The number of halogens is 2. The van der Waals surface area contributed by atoms with Crippen molar-refractivity contribution in [3.8, 4) is 5.75 Å². The Morgan fingerprint density at radius 3 is 2.45 bits per heavy atom. The molecule has 0 spiro atoms. The lowest BCUT2D eigenvalue weighted by atomic mass is 10.2. The number of thioether (sulfide) groups is 1. The highest BCUT2D eigenvalue weighted by Crippen LogP contribution is 2.37. The van der Waals surface area contributed by atoms with E-state index in [2.05, 4.69) is 4.74 Å². The fourth-order valence-corrected chi connectivity index (χ4v) is 4.28. The third-order valence-electron chi connectivity index (χ3n) is 4.41. The van der Waals surface area contributed by atoms with Gasteiger partial charge in [-0.25, -0.2) is 4.79 Å². The van der Waals surface area contributed by atoms with Crippen molar-refractivity contribution >= 4 is 64.1 Å². The Labute approximate surface area is 192 Å². The van der Waals surface area contributed by atoms with Crippen molar-refractivity contribution in [3.05, 3.63) is 32.6 Å². The van der Waals surface area contributed by atoms with Crippen LogP contribution in [-0.4, -0.2) is 79.4 Å². The number of esters is 1. The van der Waals surface area contributed by atoms with Gasteiger partial charge in [-0.05, 0) is 35.5 Å². The van der Waals surface area contributed by atoms with Gasteiger partial charge in [-0.1, -0.05) is 23.2 Å². The lowest BCUT2D eigenvalue weighted by molar-refractivity contribution is -0.143. The van der Waals surface area contributed by atoms with E-state index in [1.54, 1.807) is 4.90 Å². The van der Waals surface area contributed by atoms with E-state index in [-0.39, 0.29) is 39.8 Å². The number of nitrogens with zero attached hydrogens (tertiary/aromatic N) is 2. The third kappa shape index (κ3) is 5.70. The highest BCUT2D eigenvalue weighted by Gasteiger charge is 2.37. The lowest BCUT2D eigenvalue weighted by Crippen LogP contribution is -2.46. The van der Waals surface area contributed by atoms with E-state index in [0.29, 0.717) is 31.9 Å². The average Bonchev–Trinajstić information content (AvgIpc) is 3.00. The van der Waals surface area contributed by atoms with E-state index in [4.69, 9.17) is 32.7 Å². The van der Waals surface area contributed by atoms with Gasteiger partial charge in [0, 0.05) is 13.1 Å². The standard InChI is InChI=1S/C19H18Cl2N2O7S/c1-28-16(25)10-30-17-12(20)6-11(7-13(17)21)8-14-18(26)23(19(27)31-14)9-15(24)22-2-4-29-5-3-22/h6-8H,2-5,9-10H2,1H3/b14-8+. The first-order chi connectivity index (χ1) is 14.8. The van der Waals surface area contributed by atoms with E-state index in [1.165, 1.54) is 25.3 Å². The van der Waals surface area contributed by atoms with Gasteiger partial charge in [-0.2, -0.15) is 0 Å². The summed E-state index contributed by atoms with van der Waals surface area (Å²) in [6.07, 6.45) is 1.45. The molecular formula is C19H18Cl2N2O7S. The summed E-state index contributed by atoms with van der Waals surface area (Å²) in [5.74, 6) is -1.40. The maximum absolute atomic E-state index is 12.7. The number of ether oxygens (including phenoxy) is 3. The molecule has 0 atom stereocenters. The summed E-state index contributed by atoms with van der Waals surface area (Å²) in [7, 11) is 1.22. The molecule has 31 heavy (non-hydrogen) atoms. The molecule has 0 saturated carbocycles. The molecule has 166 valence electrons. The van der Waals surface area contributed by atoms with Crippen molar-refractivity contribution < 1.29 is 33.4 Å². The number of carbonyl (C=O) groups excluding carboxylic acids is 4. The largest absolute Gasteiger partial charge is 0.479 e. The smallest absolute Gasteiger partial charge is 0.343 e. The van der Waals surface area contributed by atoms with E-state index in [9.17, 15) is 19.2 Å². The number of imide groups is 1. The lowest BCUT2D eigenvalue weighted by Gasteiger charge is -2.28. The molecule has 2 fully saturated rings. The Morgan fingerprint density at radius 1 is 1.19 bits per heavy atom. The molecule has 2 saturated heterocycles. The van der Waals surface area contributed by atoms with Crippen LogP contribution in [0.1, 0.15) is 5.56 Å². The number of hydrogen-bond acceptors (Lipinski definition) is 8. The molecule has 0 unspecified atom stereocenters. The van der Waals surface area contributed by atoms with Crippen molar-refractivity contribution in [2.24, 2.45) is 0 Å². The van der Waals surface area contributed by atoms with Crippen LogP contribution in [0.4, 0.5) is 4.79 Å². The number of amides is 3. The fourth-order valence-electron chi connectivity index (χ4n) is 2.83. The minimum absolute atomic E-state index is 0.0927. The predicted octanol–water partition coefficient (Wildman–Crippen LogP) is 2.44. The SMILES string of the molecule is COC(=O)COc1c(Cl)cc(/C=C2/SC(=O)N(CC(=O)N3CCOCC3)C2=O)cc1Cl. The van der Waals surface area contributed by atoms with E-state index in [1.807, 2.05) is 0 Å². The quantitative estimate of drug-likeness (QED) is 0.444. The normalized spacial score (nSPS) is 18.0. The summed E-state index contributed by atoms with van der Waals surface area (Å²) in [6, 6.07) is 2.96. The number of benzene rings is 1. The van der Waals surface area contributed by atoms with Gasteiger partial charge in [-0.15, -0.1) is 0 Å². The number of hydrogen-bond donors (Lipinski definition) is 0. The van der Waals surface area contributed by atoms with Gasteiger partial charge >= 0.3 is 5.97 Å². The zero-order chi connectivity index (χ0) is 22.5. The number of morpholine rings is 1. The molecule has 9 nitrogen and oxygen atoms in total. The molecular weight excluding hydrogens is 471 g/mol. The van der Waals surface area contributed by atoms with Crippen molar-refractivity contribution in [3.63, 3.8) is 0 Å². The summed E-state index contributed by atoms with van der Waals surface area (Å²) in [6.45, 7) is 0.997. The van der Waals surface area contributed by atoms with Crippen LogP contribution in [0.25, 0.3) is 6.08 Å². The van der Waals surface area contributed by atoms with Crippen LogP contribution in [0.2, 0.25) is 10.0 Å². The van der Waals surface area contributed by atoms with Gasteiger partial charge in [-0.3, -0.25) is 19.3 Å². The molecule has 0 N–H and O–H groups in total. The van der Waals surface area contributed by atoms with Crippen molar-refractivity contribution in [1.29, 1.82) is 0 Å². The van der Waals surface area contributed by atoms with Gasteiger partial charge in [0.15, 0.2) is 12.4 Å². The number of carbonyl (C=O) groups is 4. The van der Waals surface area contributed by atoms with Crippen LogP contribution in [0.3, 0.4) is 0 Å². The Morgan fingerprint density at radius 2 is 1.84 bits per heavy atom. The molecule has 2 aliphatic heterocycles. The minimum Gasteiger partial charge on any atom is -0.479 e. The van der Waals surface area contributed by atoms with Crippen molar-refractivity contribution in [2.75, 3.05) is 46.6 Å². The van der Waals surface area contributed by atoms with Crippen LogP contribution < -0.4 is 4.74 Å². The maximum Gasteiger partial charge on any atom is 0.343 e. The molecule has 12 heteroatoms. The molecule has 0 aromatic heterocycles. The number of methoxy groups -OCH3 is 1. The van der Waals surface area contributed by atoms with Crippen LogP contribution in [-0.2, 0) is 23.9 Å². The third-order valence-corrected chi connectivity index (χ3v) is 5.88. The highest BCUT2D eigenvalue weighted by molar-refractivity contribution is 8.18. The van der Waals surface area contributed by atoms with E-state index in [0.717, 1.165) is 16.7 Å². The van der Waals surface area contributed by atoms with Gasteiger partial charge in [0.1, 0.15) is 6.54 Å². The molecule has 0 bridgehead atoms. The first-order valence-corrected chi connectivity index (χ1v) is 10.7. The molecule has 0 aliphatic carbocycles. The summed E-state index contributed by atoms with van der Waals surface area (Å²) < 4.78 is 14.9. The Kier molecular flexibility index (Phi) is 7.82. The summed E-state index contributed by atoms with van der Waals surface area (Å²) in [4.78, 5) is 51.2. The summed E-state index contributed by atoms with van der Waals surface area (Å²) in [5.41, 5.74) is 0.449. The molecule has 3 rings (SSSR count). The average molecular weight is 489 g/mol. The molecule has 2 heterocycles. The summed E-state index contributed by atoms with van der Waals surface area (Å²) in [5, 5.41) is -0.304. The fraction of sp³-hybridized carbons (Fsp3) is 0.368. The molecule has 0 radical (unpaired) electrons. The van der Waals surface area contributed by atoms with Gasteiger partial charge in [0.05, 0.1) is 35.3 Å². The predicted molar refractivity (Wildman–Crippen MR) is 114 cm³/mol. The van der Waals surface area contributed by atoms with Gasteiger partial charge in [0.2, 0.25) is 5.91 Å². The summed E-state index contributed by atoms with van der Waals surface area (Å²) >= 11 is 13.1. The maximum atomic E-state index is 12.7. The van der Waals surface area contributed by atoms with Gasteiger partial charge < -0.3 is 19.1 Å². The minimum atomic E-state index is -0.600. The zero-order valence-corrected chi connectivity index (χ0v) is 18.7. The zero-order valence-electron chi connectivity index (χ0n) is 16.4. The topological polar surface area (TPSA) is 102 Å². The van der Waals surface area contributed by atoms with Crippen LogP contribution in [0.5, 0.6) is 5.75 Å². The molecule has 1 aromatic carbocycles. The van der Waals surface area contributed by atoms with Crippen LogP contribution >= 0.6 is 35.0 Å². The second-order valence-corrected chi connectivity index (χ2v) is 8.25. The molecule has 3 amide bonds. The van der Waals surface area contributed by atoms with E-state index >= 15 is 0 Å². The first kappa shape index (κ1) is 23.4. The molecule has 2 aliphatic rings. The number of rotatable bonds is 6. The second-order valence-electron chi connectivity index (χ2n) is 6.44. The molecule has 1 aromatic rings. The van der Waals surface area contributed by atoms with Crippen molar-refractivity contribution in [1.82, 2.24) is 9.80 Å². The van der Waals surface area contributed by atoms with Crippen LogP contribution in [0.15, 0.2) is 17.0 Å². The Bertz CT molecular complexity index is 924. The monoisotopic (exact) mass is 488 g/mol. The Balaban J connectivity index is 1.71. The second kappa shape index (κ2) is 10.4. The Hall–Kier alpha value is -2.27. The van der Waals surface area contributed by atoms with Crippen LogP contribution in [0, 0.1) is 0 Å². The highest BCUT2D eigenvalue weighted by atomic mass is 35.5. The van der Waals surface area contributed by atoms with Crippen molar-refractivity contribution in [2.45, 2.75) is 0 Å². The van der Waals surface area contributed by atoms with Gasteiger partial charge in [0.25, 0.3) is 11.1 Å². The van der Waals surface area contributed by atoms with E-state index < -0.39 is 17.1 Å². The first-order valence-electron chi connectivity index (χ1n) is 9.09.